The molecule has 0 radical (unpaired) electrons. The number of aromatic nitrogens is 3. The second kappa shape index (κ2) is 8.93. The highest BCUT2D eigenvalue weighted by atomic mass is 31.2. The van der Waals surface area contributed by atoms with E-state index >= 15 is 0 Å². The normalized spacial score (nSPS) is 11.3. The van der Waals surface area contributed by atoms with Crippen LogP contribution in [0.5, 0.6) is 12.0 Å². The van der Waals surface area contributed by atoms with Crippen LogP contribution in [0.1, 0.15) is 0 Å². The van der Waals surface area contributed by atoms with Gasteiger partial charge in [-0.05, 0) is 23.3 Å². The minimum Gasteiger partial charge on any atom is -0.479 e. The van der Waals surface area contributed by atoms with E-state index in [2.05, 4.69) is 15.0 Å². The summed E-state index contributed by atoms with van der Waals surface area (Å²) in [5.41, 5.74) is 2.32. The van der Waals surface area contributed by atoms with Crippen LogP contribution < -0.4 is 15.9 Å². The van der Waals surface area contributed by atoms with Crippen LogP contribution in [0.2, 0.25) is 0 Å². The largest absolute Gasteiger partial charge is 0.479 e. The summed E-state index contributed by atoms with van der Waals surface area (Å²) in [4.78, 5) is 11.2. The molecule has 4 aromatic carbocycles. The minimum atomic E-state index is -3.11. The molecule has 0 fully saturated rings. The van der Waals surface area contributed by atoms with Gasteiger partial charge in [0.15, 0.2) is 13.0 Å². The van der Waals surface area contributed by atoms with E-state index in [1.165, 1.54) is 0 Å². The van der Waals surface area contributed by atoms with E-state index in [4.69, 9.17) is 0 Å². The average molecular weight is 465 g/mol. The van der Waals surface area contributed by atoms with Gasteiger partial charge >= 0.3 is 12.0 Å². The van der Waals surface area contributed by atoms with Gasteiger partial charge in [0.05, 0.1) is 0 Å². The van der Waals surface area contributed by atoms with E-state index in [0.717, 1.165) is 27.0 Å². The maximum Gasteiger partial charge on any atom is 0.320 e. The van der Waals surface area contributed by atoms with Crippen molar-refractivity contribution in [2.75, 3.05) is 0 Å². The third-order valence-corrected chi connectivity index (χ3v) is 8.57. The summed E-state index contributed by atoms with van der Waals surface area (Å²) in [7, 11) is -3.11. The van der Waals surface area contributed by atoms with Gasteiger partial charge in [-0.25, -0.2) is 0 Å². The summed E-state index contributed by atoms with van der Waals surface area (Å²) in [5.74, 6) is 0.155. The molecule has 0 atom stereocenters. The van der Waals surface area contributed by atoms with Gasteiger partial charge in [0, 0.05) is 21.5 Å². The van der Waals surface area contributed by atoms with Crippen molar-refractivity contribution in [3.8, 4) is 34.5 Å². The van der Waals surface area contributed by atoms with Crippen molar-refractivity contribution in [1.29, 1.82) is 0 Å². The number of aromatic hydroxyl groups is 2. The molecule has 1 heterocycles. The lowest BCUT2D eigenvalue weighted by Gasteiger charge is -2.20. The number of nitrogens with zero attached hydrogens (tertiary/aromatic N) is 3. The van der Waals surface area contributed by atoms with Gasteiger partial charge in [-0.2, -0.15) is 9.97 Å². The third kappa shape index (κ3) is 4.07. The Morgan fingerprint density at radius 1 is 0.500 bits per heavy atom. The molecule has 1 aromatic heterocycles. The molecular formula is C27H20N3O3P. The van der Waals surface area contributed by atoms with Crippen molar-refractivity contribution in [3.05, 3.63) is 109 Å². The Bertz CT molecular complexity index is 1440. The lowest BCUT2D eigenvalue weighted by Crippen LogP contribution is -2.25. The van der Waals surface area contributed by atoms with Crippen LogP contribution in [0.4, 0.5) is 0 Å². The second-order valence-corrected chi connectivity index (χ2v) is 10.4. The fourth-order valence-corrected chi connectivity index (χ4v) is 6.62. The van der Waals surface area contributed by atoms with E-state index in [1.807, 2.05) is 103 Å². The van der Waals surface area contributed by atoms with Crippen LogP contribution in [0.15, 0.2) is 109 Å². The first kappa shape index (κ1) is 21.6. The van der Waals surface area contributed by atoms with Crippen molar-refractivity contribution in [3.63, 3.8) is 0 Å². The molecule has 0 unspecified atom stereocenters. The molecular weight excluding hydrogens is 445 g/mol. The first-order chi connectivity index (χ1) is 16.5. The Morgan fingerprint density at radius 2 is 0.971 bits per heavy atom. The van der Waals surface area contributed by atoms with E-state index in [9.17, 15) is 14.8 Å². The van der Waals surface area contributed by atoms with Gasteiger partial charge in [0.1, 0.15) is 0 Å². The quantitative estimate of drug-likeness (QED) is 0.377. The SMILES string of the molecule is O=P(c1ccccc1)(c1ccccc1)c1cccc(-c2cccc(-c3nc(O)nc(O)n3)c2)c1. The van der Waals surface area contributed by atoms with E-state index in [-0.39, 0.29) is 5.82 Å². The maximum absolute atomic E-state index is 14.7. The van der Waals surface area contributed by atoms with Crippen LogP contribution in [0.3, 0.4) is 0 Å². The standard InChI is InChI=1S/C27H20N3O3P/c31-26-28-25(29-27(32)30-26)21-11-7-9-19(17-21)20-10-8-16-24(18-20)34(33,22-12-3-1-4-13-22)23-14-5-2-6-15-23/h1-18H,(H2,28,29,30,31,32). The highest BCUT2D eigenvalue weighted by Crippen LogP contribution is 2.43. The summed E-state index contributed by atoms with van der Waals surface area (Å²) in [5, 5.41) is 21.5. The zero-order chi connectivity index (χ0) is 23.5. The van der Waals surface area contributed by atoms with Gasteiger partial charge < -0.3 is 14.8 Å². The van der Waals surface area contributed by atoms with Crippen LogP contribution in [-0.4, -0.2) is 25.2 Å². The average Bonchev–Trinajstić information content (AvgIpc) is 2.89. The highest BCUT2D eigenvalue weighted by Gasteiger charge is 2.29. The molecule has 0 aliphatic heterocycles. The zero-order valence-electron chi connectivity index (χ0n) is 18.0. The number of rotatable bonds is 5. The van der Waals surface area contributed by atoms with Crippen molar-refractivity contribution in [2.45, 2.75) is 0 Å². The van der Waals surface area contributed by atoms with Crippen LogP contribution in [0.25, 0.3) is 22.5 Å². The Hall–Kier alpha value is -4.28. The fraction of sp³-hybridized carbons (Fsp3) is 0. The first-order valence-electron chi connectivity index (χ1n) is 10.6. The topological polar surface area (TPSA) is 96.2 Å². The number of hydrogen-bond donors (Lipinski definition) is 2. The van der Waals surface area contributed by atoms with E-state index in [0.29, 0.717) is 5.56 Å². The third-order valence-electron chi connectivity index (χ3n) is 5.52. The van der Waals surface area contributed by atoms with Crippen molar-refractivity contribution >= 4 is 23.1 Å². The predicted molar refractivity (Wildman–Crippen MR) is 133 cm³/mol. The summed E-state index contributed by atoms with van der Waals surface area (Å²) in [6.45, 7) is 0. The Morgan fingerprint density at radius 3 is 1.56 bits per heavy atom. The molecule has 5 aromatic rings. The van der Waals surface area contributed by atoms with Crippen LogP contribution in [-0.2, 0) is 4.57 Å². The minimum absolute atomic E-state index is 0.155. The summed E-state index contributed by atoms with van der Waals surface area (Å²) < 4.78 is 14.7. The zero-order valence-corrected chi connectivity index (χ0v) is 18.9. The summed E-state index contributed by atoms with van der Waals surface area (Å²) >= 11 is 0. The Labute approximate surface area is 196 Å². The molecule has 0 amide bonds. The number of hydrogen-bond acceptors (Lipinski definition) is 6. The van der Waals surface area contributed by atoms with Gasteiger partial charge in [-0.15, -0.1) is 4.98 Å². The Balaban J connectivity index is 1.63. The first-order valence-corrected chi connectivity index (χ1v) is 12.3. The fourth-order valence-electron chi connectivity index (χ4n) is 3.93. The van der Waals surface area contributed by atoms with Crippen LogP contribution in [0, 0.1) is 0 Å². The molecule has 5 rings (SSSR count). The lowest BCUT2D eigenvalue weighted by molar-refractivity contribution is 0.383. The van der Waals surface area contributed by atoms with E-state index < -0.39 is 19.2 Å². The second-order valence-electron chi connectivity index (χ2n) is 7.67. The molecule has 166 valence electrons. The van der Waals surface area contributed by atoms with Gasteiger partial charge in [0.2, 0.25) is 0 Å². The van der Waals surface area contributed by atoms with Crippen molar-refractivity contribution in [1.82, 2.24) is 15.0 Å². The molecule has 0 aliphatic carbocycles. The summed E-state index contributed by atoms with van der Waals surface area (Å²) in [6.07, 6.45) is 0. The van der Waals surface area contributed by atoms with Gasteiger partial charge in [0.25, 0.3) is 0 Å². The highest BCUT2D eigenvalue weighted by molar-refractivity contribution is 7.85. The molecule has 0 saturated heterocycles. The molecule has 0 bridgehead atoms. The molecule has 7 heteroatoms. The molecule has 0 aliphatic rings. The lowest BCUT2D eigenvalue weighted by atomic mass is 10.0. The predicted octanol–water partition coefficient (Wildman–Crippen LogP) is 4.26. The smallest absolute Gasteiger partial charge is 0.320 e. The molecule has 0 saturated carbocycles. The molecule has 6 nitrogen and oxygen atoms in total. The van der Waals surface area contributed by atoms with Gasteiger partial charge in [-0.3, -0.25) is 0 Å². The number of benzene rings is 4. The summed E-state index contributed by atoms with van der Waals surface area (Å²) in [6, 6.07) is 33.0. The molecule has 34 heavy (non-hydrogen) atoms. The molecule has 2 N–H and O–H groups in total. The monoisotopic (exact) mass is 465 g/mol. The van der Waals surface area contributed by atoms with E-state index in [1.54, 1.807) is 6.07 Å². The van der Waals surface area contributed by atoms with Gasteiger partial charge in [-0.1, -0.05) is 97.1 Å². The Kier molecular flexibility index (Phi) is 5.66. The van der Waals surface area contributed by atoms with Crippen LogP contribution >= 0.6 is 7.14 Å². The van der Waals surface area contributed by atoms with Crippen molar-refractivity contribution in [2.24, 2.45) is 0 Å². The molecule has 0 spiro atoms. The maximum atomic E-state index is 14.7. The van der Waals surface area contributed by atoms with Crippen molar-refractivity contribution < 1.29 is 14.8 Å².